The van der Waals surface area contributed by atoms with E-state index in [4.69, 9.17) is 5.73 Å². The predicted molar refractivity (Wildman–Crippen MR) is 61.9 cm³/mol. The molecule has 0 aliphatic heterocycles. The van der Waals surface area contributed by atoms with Crippen LogP contribution in [0.5, 0.6) is 0 Å². The Morgan fingerprint density at radius 3 is 2.81 bits per heavy atom. The SMILES string of the molecule is CCCN(CCCN)C(=O)c1ccnnc1. The molecule has 5 heteroatoms. The molecule has 1 rings (SSSR count). The van der Waals surface area contributed by atoms with Crippen molar-refractivity contribution in [2.75, 3.05) is 19.6 Å². The van der Waals surface area contributed by atoms with E-state index in [0.717, 1.165) is 19.4 Å². The van der Waals surface area contributed by atoms with Crippen molar-refractivity contribution in [3.8, 4) is 0 Å². The molecule has 1 heterocycles. The van der Waals surface area contributed by atoms with Gasteiger partial charge in [0.1, 0.15) is 0 Å². The van der Waals surface area contributed by atoms with Crippen molar-refractivity contribution in [3.63, 3.8) is 0 Å². The minimum atomic E-state index is 0.00481. The van der Waals surface area contributed by atoms with E-state index in [0.29, 0.717) is 18.7 Å². The molecule has 0 atom stereocenters. The highest BCUT2D eigenvalue weighted by atomic mass is 16.2. The minimum absolute atomic E-state index is 0.00481. The summed E-state index contributed by atoms with van der Waals surface area (Å²) in [7, 11) is 0. The van der Waals surface area contributed by atoms with Gasteiger partial charge in [-0.05, 0) is 25.5 Å². The van der Waals surface area contributed by atoms with Gasteiger partial charge in [-0.1, -0.05) is 6.92 Å². The van der Waals surface area contributed by atoms with E-state index in [1.165, 1.54) is 12.4 Å². The van der Waals surface area contributed by atoms with Crippen LogP contribution in [0.15, 0.2) is 18.5 Å². The lowest BCUT2D eigenvalue weighted by atomic mass is 10.2. The zero-order chi connectivity index (χ0) is 11.8. The van der Waals surface area contributed by atoms with E-state index in [1.807, 2.05) is 11.8 Å². The summed E-state index contributed by atoms with van der Waals surface area (Å²) >= 11 is 0. The van der Waals surface area contributed by atoms with Crippen LogP contribution < -0.4 is 5.73 Å². The van der Waals surface area contributed by atoms with Gasteiger partial charge in [-0.25, -0.2) is 0 Å². The fourth-order valence-corrected chi connectivity index (χ4v) is 1.47. The Kier molecular flexibility index (Phi) is 5.42. The molecule has 5 nitrogen and oxygen atoms in total. The standard InChI is InChI=1S/C11H18N4O/c1-2-7-15(8-3-5-12)11(16)10-4-6-13-14-9-10/h4,6,9H,2-3,5,7-8,12H2,1H3. The normalized spacial score (nSPS) is 10.1. The first-order valence-electron chi connectivity index (χ1n) is 5.55. The molecule has 1 aromatic heterocycles. The van der Waals surface area contributed by atoms with E-state index in [2.05, 4.69) is 10.2 Å². The molecule has 0 radical (unpaired) electrons. The van der Waals surface area contributed by atoms with Crippen LogP contribution in [-0.2, 0) is 0 Å². The topological polar surface area (TPSA) is 72.1 Å². The first kappa shape index (κ1) is 12.6. The lowest BCUT2D eigenvalue weighted by Crippen LogP contribution is -2.33. The number of amides is 1. The highest BCUT2D eigenvalue weighted by molar-refractivity contribution is 5.93. The second-order valence-corrected chi connectivity index (χ2v) is 3.57. The molecule has 0 spiro atoms. The largest absolute Gasteiger partial charge is 0.339 e. The Hall–Kier alpha value is -1.49. The quantitative estimate of drug-likeness (QED) is 0.768. The lowest BCUT2D eigenvalue weighted by Gasteiger charge is -2.21. The Bertz CT molecular complexity index is 315. The van der Waals surface area contributed by atoms with Crippen LogP contribution in [0.2, 0.25) is 0 Å². The summed E-state index contributed by atoms with van der Waals surface area (Å²) in [5.74, 6) is 0.00481. The number of nitrogens with two attached hydrogens (primary N) is 1. The van der Waals surface area contributed by atoms with Gasteiger partial charge in [-0.2, -0.15) is 10.2 Å². The summed E-state index contributed by atoms with van der Waals surface area (Å²) in [4.78, 5) is 13.9. The molecule has 88 valence electrons. The zero-order valence-electron chi connectivity index (χ0n) is 9.59. The summed E-state index contributed by atoms with van der Waals surface area (Å²) in [6, 6.07) is 1.68. The van der Waals surface area contributed by atoms with Crippen molar-refractivity contribution < 1.29 is 4.79 Å². The van der Waals surface area contributed by atoms with Crippen molar-refractivity contribution in [3.05, 3.63) is 24.0 Å². The van der Waals surface area contributed by atoms with E-state index in [9.17, 15) is 4.79 Å². The fraction of sp³-hybridized carbons (Fsp3) is 0.545. The summed E-state index contributed by atoms with van der Waals surface area (Å²) in [6.07, 6.45) is 4.78. The summed E-state index contributed by atoms with van der Waals surface area (Å²) in [6.45, 7) is 4.10. The maximum absolute atomic E-state index is 12.1. The van der Waals surface area contributed by atoms with Crippen LogP contribution in [0.4, 0.5) is 0 Å². The van der Waals surface area contributed by atoms with E-state index in [1.54, 1.807) is 6.07 Å². The second-order valence-electron chi connectivity index (χ2n) is 3.57. The average Bonchev–Trinajstić information content (AvgIpc) is 2.35. The monoisotopic (exact) mass is 222 g/mol. The van der Waals surface area contributed by atoms with Crippen molar-refractivity contribution in [1.82, 2.24) is 15.1 Å². The summed E-state index contributed by atoms with van der Waals surface area (Å²) in [5, 5.41) is 7.36. The Morgan fingerprint density at radius 2 is 2.25 bits per heavy atom. The van der Waals surface area contributed by atoms with Gasteiger partial charge < -0.3 is 10.6 Å². The van der Waals surface area contributed by atoms with Gasteiger partial charge in [0.25, 0.3) is 5.91 Å². The van der Waals surface area contributed by atoms with Crippen molar-refractivity contribution in [1.29, 1.82) is 0 Å². The molecule has 0 unspecified atom stereocenters. The molecule has 0 saturated carbocycles. The number of rotatable bonds is 6. The number of carbonyl (C=O) groups is 1. The number of hydrogen-bond donors (Lipinski definition) is 1. The van der Waals surface area contributed by atoms with Gasteiger partial charge >= 0.3 is 0 Å². The van der Waals surface area contributed by atoms with E-state index < -0.39 is 0 Å². The molecule has 0 bridgehead atoms. The van der Waals surface area contributed by atoms with Gasteiger partial charge in [0, 0.05) is 13.1 Å². The van der Waals surface area contributed by atoms with Crippen LogP contribution in [0.25, 0.3) is 0 Å². The third-order valence-electron chi connectivity index (χ3n) is 2.24. The number of aromatic nitrogens is 2. The van der Waals surface area contributed by atoms with Gasteiger partial charge in [0.15, 0.2) is 0 Å². The second kappa shape index (κ2) is 6.90. The smallest absolute Gasteiger partial charge is 0.255 e. The molecule has 2 N–H and O–H groups in total. The summed E-state index contributed by atoms with van der Waals surface area (Å²) in [5.41, 5.74) is 6.04. The van der Waals surface area contributed by atoms with Gasteiger partial charge in [-0.3, -0.25) is 4.79 Å². The molecule has 0 fully saturated rings. The van der Waals surface area contributed by atoms with Gasteiger partial charge in [0.05, 0.1) is 18.0 Å². The van der Waals surface area contributed by atoms with Crippen LogP contribution in [0, 0.1) is 0 Å². The van der Waals surface area contributed by atoms with Crippen molar-refractivity contribution in [2.24, 2.45) is 5.73 Å². The Morgan fingerprint density at radius 1 is 1.44 bits per heavy atom. The summed E-state index contributed by atoms with van der Waals surface area (Å²) < 4.78 is 0. The zero-order valence-corrected chi connectivity index (χ0v) is 9.59. The molecule has 0 aliphatic carbocycles. The van der Waals surface area contributed by atoms with E-state index in [-0.39, 0.29) is 5.91 Å². The maximum atomic E-state index is 12.1. The highest BCUT2D eigenvalue weighted by Gasteiger charge is 2.14. The van der Waals surface area contributed by atoms with Crippen LogP contribution in [0.3, 0.4) is 0 Å². The Balaban J connectivity index is 2.67. The fourth-order valence-electron chi connectivity index (χ4n) is 1.47. The van der Waals surface area contributed by atoms with Crippen molar-refractivity contribution in [2.45, 2.75) is 19.8 Å². The lowest BCUT2D eigenvalue weighted by molar-refractivity contribution is 0.0754. The molecule has 1 aromatic rings. The molecule has 1 amide bonds. The molecule has 0 saturated heterocycles. The predicted octanol–water partition coefficient (Wildman–Crippen LogP) is 0.678. The molecule has 0 aliphatic rings. The van der Waals surface area contributed by atoms with Crippen LogP contribution >= 0.6 is 0 Å². The number of hydrogen-bond acceptors (Lipinski definition) is 4. The van der Waals surface area contributed by atoms with E-state index >= 15 is 0 Å². The molecular weight excluding hydrogens is 204 g/mol. The Labute approximate surface area is 95.7 Å². The average molecular weight is 222 g/mol. The third-order valence-corrected chi connectivity index (χ3v) is 2.24. The first-order valence-corrected chi connectivity index (χ1v) is 5.55. The number of nitrogens with zero attached hydrogens (tertiary/aromatic N) is 3. The number of carbonyl (C=O) groups excluding carboxylic acids is 1. The third kappa shape index (κ3) is 3.58. The molecule has 16 heavy (non-hydrogen) atoms. The molecule has 0 aromatic carbocycles. The van der Waals surface area contributed by atoms with Crippen molar-refractivity contribution >= 4 is 5.91 Å². The highest BCUT2D eigenvalue weighted by Crippen LogP contribution is 2.04. The first-order chi connectivity index (χ1) is 7.79. The van der Waals surface area contributed by atoms with Gasteiger partial charge in [-0.15, -0.1) is 0 Å². The van der Waals surface area contributed by atoms with Crippen LogP contribution in [0.1, 0.15) is 30.1 Å². The van der Waals surface area contributed by atoms with Gasteiger partial charge in [0.2, 0.25) is 0 Å². The van der Waals surface area contributed by atoms with Crippen LogP contribution in [-0.4, -0.2) is 40.6 Å². The molecular formula is C11H18N4O. The maximum Gasteiger partial charge on any atom is 0.255 e. The minimum Gasteiger partial charge on any atom is -0.339 e.